The molecule has 0 spiro atoms. The zero-order valence-electron chi connectivity index (χ0n) is 19.0. The fourth-order valence-electron chi connectivity index (χ4n) is 7.19. The fraction of sp³-hybridized carbons (Fsp3) is 0.286. The van der Waals surface area contributed by atoms with Crippen molar-refractivity contribution in [2.45, 2.75) is 43.7 Å². The van der Waals surface area contributed by atoms with E-state index >= 15 is 0 Å². The third kappa shape index (κ3) is 1.95. The first kappa shape index (κ1) is 19.8. The molecule has 4 heterocycles. The van der Waals surface area contributed by atoms with Crippen LogP contribution in [0.15, 0.2) is 48.5 Å². The zero-order chi connectivity index (χ0) is 23.9. The van der Waals surface area contributed by atoms with Gasteiger partial charge in [-0.1, -0.05) is 36.4 Å². The largest absolute Gasteiger partial charge is 0.388 e. The van der Waals surface area contributed by atoms with Gasteiger partial charge in [0.05, 0.1) is 22.1 Å². The number of carbonyl (C=O) groups is 2. The van der Waals surface area contributed by atoms with Crippen molar-refractivity contribution in [3.05, 3.63) is 59.7 Å². The van der Waals surface area contributed by atoms with Crippen LogP contribution in [-0.4, -0.2) is 43.1 Å². The third-order valence-electron chi connectivity index (χ3n) is 8.67. The van der Waals surface area contributed by atoms with Crippen LogP contribution in [0.25, 0.3) is 43.6 Å². The number of aliphatic hydroxyl groups is 2. The summed E-state index contributed by atoms with van der Waals surface area (Å²) in [7, 11) is 0. The van der Waals surface area contributed by atoms with Gasteiger partial charge in [0.25, 0.3) is 0 Å². The molecule has 3 aliphatic rings. The van der Waals surface area contributed by atoms with E-state index in [4.69, 9.17) is 4.74 Å². The minimum absolute atomic E-state index is 0.00482. The molecular formula is C28H22N2O5. The van der Waals surface area contributed by atoms with E-state index < -0.39 is 29.9 Å². The summed E-state index contributed by atoms with van der Waals surface area (Å²) < 4.78 is 10.7. The Morgan fingerprint density at radius 2 is 1.71 bits per heavy atom. The topological polar surface area (TPSA) is 93.7 Å². The lowest BCUT2D eigenvalue weighted by Crippen LogP contribution is -2.56. The van der Waals surface area contributed by atoms with Crippen molar-refractivity contribution in [1.29, 1.82) is 0 Å². The van der Waals surface area contributed by atoms with Gasteiger partial charge >= 0.3 is 0 Å². The van der Waals surface area contributed by atoms with Gasteiger partial charge in [-0.15, -0.1) is 0 Å². The molecule has 1 fully saturated rings. The van der Waals surface area contributed by atoms with Crippen LogP contribution in [0.4, 0.5) is 0 Å². The number of aliphatic hydroxyl groups excluding tert-OH is 1. The average Bonchev–Trinajstić information content (AvgIpc) is 3.55. The number of rotatable bonds is 2. The summed E-state index contributed by atoms with van der Waals surface area (Å²) >= 11 is 0. The molecule has 0 radical (unpaired) electrons. The SMILES string of the molecule is C[C@]12O[C@H](C[C@]1(O)C(=O)CO)n1c3ccccc3c3c4c(c5c6ccccc6n2c5c31)CCC4=O. The summed E-state index contributed by atoms with van der Waals surface area (Å²) in [5.41, 5.74) is 1.89. The van der Waals surface area contributed by atoms with Crippen molar-refractivity contribution in [2.75, 3.05) is 6.61 Å². The lowest BCUT2D eigenvalue weighted by molar-refractivity contribution is -0.187. The van der Waals surface area contributed by atoms with Crippen LogP contribution in [0.5, 0.6) is 0 Å². The van der Waals surface area contributed by atoms with Gasteiger partial charge in [0.2, 0.25) is 0 Å². The third-order valence-corrected chi connectivity index (χ3v) is 8.67. The van der Waals surface area contributed by atoms with Crippen LogP contribution < -0.4 is 0 Å². The molecule has 2 aromatic heterocycles. The predicted molar refractivity (Wildman–Crippen MR) is 131 cm³/mol. The van der Waals surface area contributed by atoms with Crippen molar-refractivity contribution < 1.29 is 24.5 Å². The maximum Gasteiger partial charge on any atom is 0.194 e. The standard InChI is InChI=1S/C28H22N2O5/c1-27-28(34,20(33)13-31)12-21(35-27)29-17-8-4-2-6-14(17)24-23-16(10-11-19(23)32)22-15-7-3-5-9-18(15)30(27)26(22)25(24)29/h2-9,21,31,34H,10-13H2,1H3/t21-,27+,28+/m1/s1. The van der Waals surface area contributed by atoms with Gasteiger partial charge in [-0.3, -0.25) is 9.59 Å². The highest BCUT2D eigenvalue weighted by Crippen LogP contribution is 2.58. The van der Waals surface area contributed by atoms with Crippen molar-refractivity contribution in [2.24, 2.45) is 0 Å². The molecule has 1 aliphatic carbocycles. The Labute approximate surface area is 199 Å². The molecule has 5 aromatic rings. The summed E-state index contributed by atoms with van der Waals surface area (Å²) in [5, 5.41) is 25.6. The normalized spacial score (nSPS) is 27.1. The van der Waals surface area contributed by atoms with Gasteiger partial charge in [0, 0.05) is 39.9 Å². The van der Waals surface area contributed by atoms with Crippen LogP contribution in [0.1, 0.15) is 41.9 Å². The Kier molecular flexibility index (Phi) is 3.38. The number of benzene rings is 3. The fourth-order valence-corrected chi connectivity index (χ4v) is 7.19. The molecule has 0 amide bonds. The number of hydrogen-bond acceptors (Lipinski definition) is 5. The number of fused-ring (bicyclic) bond motifs is 13. The smallest absolute Gasteiger partial charge is 0.194 e. The van der Waals surface area contributed by atoms with Crippen LogP contribution in [0.2, 0.25) is 0 Å². The lowest BCUT2D eigenvalue weighted by atomic mass is 9.85. The highest BCUT2D eigenvalue weighted by atomic mass is 16.6. The van der Waals surface area contributed by atoms with Gasteiger partial charge in [-0.05, 0) is 31.0 Å². The van der Waals surface area contributed by atoms with Crippen LogP contribution in [0.3, 0.4) is 0 Å². The monoisotopic (exact) mass is 466 g/mol. The van der Waals surface area contributed by atoms with Gasteiger partial charge < -0.3 is 24.1 Å². The maximum absolute atomic E-state index is 13.3. The van der Waals surface area contributed by atoms with E-state index in [1.807, 2.05) is 53.1 Å². The summed E-state index contributed by atoms with van der Waals surface area (Å²) in [6.07, 6.45) is 0.455. The van der Waals surface area contributed by atoms with Gasteiger partial charge in [0.1, 0.15) is 12.8 Å². The molecule has 3 atom stereocenters. The molecule has 7 nitrogen and oxygen atoms in total. The predicted octanol–water partition coefficient (Wildman–Crippen LogP) is 3.93. The second kappa shape index (κ2) is 5.99. The number of Topliss-reactive ketones (excluding diaryl/α,β-unsaturated/α-hetero) is 2. The molecule has 2 bridgehead atoms. The number of aromatic nitrogens is 2. The molecule has 174 valence electrons. The minimum Gasteiger partial charge on any atom is -0.388 e. The van der Waals surface area contributed by atoms with Gasteiger partial charge in [-0.2, -0.15) is 0 Å². The van der Waals surface area contributed by atoms with E-state index in [-0.39, 0.29) is 12.2 Å². The lowest BCUT2D eigenvalue weighted by Gasteiger charge is -2.38. The summed E-state index contributed by atoms with van der Waals surface area (Å²) in [6, 6.07) is 15.8. The van der Waals surface area contributed by atoms with Crippen molar-refractivity contribution in [3.8, 4) is 0 Å². The second-order valence-corrected chi connectivity index (χ2v) is 10.2. The number of para-hydroxylation sites is 2. The quantitative estimate of drug-likeness (QED) is 0.411. The van der Waals surface area contributed by atoms with Crippen molar-refractivity contribution in [3.63, 3.8) is 0 Å². The number of hydrogen-bond donors (Lipinski definition) is 2. The van der Waals surface area contributed by atoms with Crippen LogP contribution >= 0.6 is 0 Å². The molecule has 0 unspecified atom stereocenters. The minimum atomic E-state index is -1.94. The van der Waals surface area contributed by atoms with E-state index in [9.17, 15) is 19.8 Å². The average molecular weight is 466 g/mol. The Morgan fingerprint density at radius 1 is 1.03 bits per heavy atom. The van der Waals surface area contributed by atoms with Gasteiger partial charge in [0.15, 0.2) is 22.9 Å². The van der Waals surface area contributed by atoms with E-state index in [1.54, 1.807) is 6.92 Å². The first-order chi connectivity index (χ1) is 16.9. The number of carbonyl (C=O) groups excluding carboxylic acids is 2. The van der Waals surface area contributed by atoms with E-state index in [2.05, 4.69) is 4.57 Å². The van der Waals surface area contributed by atoms with Crippen molar-refractivity contribution in [1.82, 2.24) is 9.13 Å². The molecule has 2 aliphatic heterocycles. The second-order valence-electron chi connectivity index (χ2n) is 10.2. The highest BCUT2D eigenvalue weighted by Gasteiger charge is 2.64. The van der Waals surface area contributed by atoms with Crippen molar-refractivity contribution >= 4 is 55.2 Å². The summed E-state index contributed by atoms with van der Waals surface area (Å²) in [4.78, 5) is 26.4. The maximum atomic E-state index is 13.3. The van der Waals surface area contributed by atoms with E-state index in [0.29, 0.717) is 12.8 Å². The van der Waals surface area contributed by atoms with E-state index in [1.165, 1.54) is 0 Å². The molecular weight excluding hydrogens is 444 g/mol. The van der Waals surface area contributed by atoms with Gasteiger partial charge in [-0.25, -0.2) is 0 Å². The Morgan fingerprint density at radius 3 is 2.46 bits per heavy atom. The highest BCUT2D eigenvalue weighted by molar-refractivity contribution is 6.31. The molecule has 1 saturated heterocycles. The van der Waals surface area contributed by atoms with Crippen LogP contribution in [-0.2, 0) is 21.7 Å². The summed E-state index contributed by atoms with van der Waals surface area (Å²) in [6.45, 7) is 0.961. The molecule has 0 saturated carbocycles. The molecule has 8 rings (SSSR count). The number of aryl methyl sites for hydroxylation is 1. The molecule has 3 aromatic carbocycles. The Bertz CT molecular complexity index is 1830. The Balaban J connectivity index is 1.73. The Hall–Kier alpha value is -3.52. The number of nitrogens with zero attached hydrogens (tertiary/aromatic N) is 2. The molecule has 7 heteroatoms. The van der Waals surface area contributed by atoms with E-state index in [0.717, 1.165) is 54.7 Å². The number of ether oxygens (including phenoxy) is 1. The number of ketones is 2. The first-order valence-electron chi connectivity index (χ1n) is 12.0. The molecule has 35 heavy (non-hydrogen) atoms. The van der Waals surface area contributed by atoms with Crippen LogP contribution in [0, 0.1) is 0 Å². The molecule has 2 N–H and O–H groups in total. The summed E-state index contributed by atoms with van der Waals surface area (Å²) in [5.74, 6) is -0.518. The zero-order valence-corrected chi connectivity index (χ0v) is 19.0. The first-order valence-corrected chi connectivity index (χ1v) is 12.0.